The van der Waals surface area contributed by atoms with Crippen molar-refractivity contribution < 1.29 is 14.8 Å². The van der Waals surface area contributed by atoms with Gasteiger partial charge in [0.15, 0.2) is 11.5 Å². The molecule has 0 heterocycles. The van der Waals surface area contributed by atoms with E-state index in [0.717, 1.165) is 12.1 Å². The van der Waals surface area contributed by atoms with Crippen LogP contribution >= 0.6 is 11.6 Å². The Labute approximate surface area is 137 Å². The SMILES string of the molecule is CCOc1cc(C[NH2+][C@H](C)c2ccccc2)cc(Cl)c1OC. The van der Waals surface area contributed by atoms with Gasteiger partial charge in [-0.2, -0.15) is 0 Å². The normalized spacial score (nSPS) is 12.0. The highest BCUT2D eigenvalue weighted by Crippen LogP contribution is 2.36. The number of benzene rings is 2. The van der Waals surface area contributed by atoms with Gasteiger partial charge < -0.3 is 14.8 Å². The number of methoxy groups -OCH3 is 1. The molecule has 2 N–H and O–H groups in total. The van der Waals surface area contributed by atoms with Crippen molar-refractivity contribution in [3.05, 3.63) is 58.6 Å². The molecular weight excluding hydrogens is 298 g/mol. The molecular formula is C18H23ClNO2+. The first kappa shape index (κ1) is 16.7. The number of ether oxygens (including phenoxy) is 2. The fourth-order valence-corrected chi connectivity index (χ4v) is 2.72. The summed E-state index contributed by atoms with van der Waals surface area (Å²) >= 11 is 6.28. The second-order valence-corrected chi connectivity index (χ2v) is 5.59. The molecule has 0 fully saturated rings. The first-order chi connectivity index (χ1) is 10.7. The quantitative estimate of drug-likeness (QED) is 0.846. The predicted octanol–water partition coefficient (Wildman–Crippen LogP) is 3.57. The summed E-state index contributed by atoms with van der Waals surface area (Å²) in [6, 6.07) is 14.8. The van der Waals surface area contributed by atoms with Crippen molar-refractivity contribution in [1.29, 1.82) is 0 Å². The average molecular weight is 321 g/mol. The molecule has 2 rings (SSSR count). The third-order valence-corrected chi connectivity index (χ3v) is 3.89. The monoisotopic (exact) mass is 320 g/mol. The summed E-state index contributed by atoms with van der Waals surface area (Å²) in [6.07, 6.45) is 0. The van der Waals surface area contributed by atoms with Crippen molar-refractivity contribution in [3.8, 4) is 11.5 Å². The lowest BCUT2D eigenvalue weighted by atomic mass is 10.1. The number of hydrogen-bond acceptors (Lipinski definition) is 2. The van der Waals surface area contributed by atoms with Crippen LogP contribution < -0.4 is 14.8 Å². The van der Waals surface area contributed by atoms with E-state index in [1.54, 1.807) is 7.11 Å². The molecule has 0 aromatic heterocycles. The van der Waals surface area contributed by atoms with Crippen LogP contribution in [0.5, 0.6) is 11.5 Å². The van der Waals surface area contributed by atoms with Gasteiger partial charge in [0.2, 0.25) is 0 Å². The highest BCUT2D eigenvalue weighted by Gasteiger charge is 2.14. The Morgan fingerprint density at radius 2 is 1.91 bits per heavy atom. The Morgan fingerprint density at radius 3 is 2.55 bits per heavy atom. The molecule has 0 aliphatic carbocycles. The number of halogens is 1. The van der Waals surface area contributed by atoms with Gasteiger partial charge in [0.05, 0.1) is 18.7 Å². The van der Waals surface area contributed by atoms with E-state index in [-0.39, 0.29) is 0 Å². The molecule has 2 aromatic rings. The molecule has 3 nitrogen and oxygen atoms in total. The van der Waals surface area contributed by atoms with Crippen LogP contribution in [0.25, 0.3) is 0 Å². The molecule has 0 bridgehead atoms. The molecule has 0 amide bonds. The minimum Gasteiger partial charge on any atom is -0.491 e. The fraction of sp³-hybridized carbons (Fsp3) is 0.333. The van der Waals surface area contributed by atoms with Crippen LogP contribution in [-0.2, 0) is 6.54 Å². The van der Waals surface area contributed by atoms with Gasteiger partial charge in [-0.3, -0.25) is 0 Å². The maximum Gasteiger partial charge on any atom is 0.179 e. The average Bonchev–Trinajstić information content (AvgIpc) is 2.53. The van der Waals surface area contributed by atoms with E-state index in [4.69, 9.17) is 21.1 Å². The summed E-state index contributed by atoms with van der Waals surface area (Å²) in [5.74, 6) is 1.30. The van der Waals surface area contributed by atoms with E-state index < -0.39 is 0 Å². The number of nitrogens with two attached hydrogens (primary N) is 1. The van der Waals surface area contributed by atoms with E-state index in [1.165, 1.54) is 5.56 Å². The molecule has 0 spiro atoms. The number of hydrogen-bond donors (Lipinski definition) is 1. The van der Waals surface area contributed by atoms with E-state index in [9.17, 15) is 0 Å². The van der Waals surface area contributed by atoms with Crippen molar-refractivity contribution in [2.75, 3.05) is 13.7 Å². The largest absolute Gasteiger partial charge is 0.491 e. The molecule has 0 unspecified atom stereocenters. The van der Waals surface area contributed by atoms with Gasteiger partial charge in [0, 0.05) is 11.1 Å². The fourth-order valence-electron chi connectivity index (χ4n) is 2.41. The number of rotatable bonds is 7. The summed E-state index contributed by atoms with van der Waals surface area (Å²) in [5, 5.41) is 2.87. The van der Waals surface area contributed by atoms with Crippen molar-refractivity contribution in [3.63, 3.8) is 0 Å². The summed E-state index contributed by atoms with van der Waals surface area (Å²) in [4.78, 5) is 0. The number of quaternary nitrogens is 1. The van der Waals surface area contributed by atoms with Crippen LogP contribution in [-0.4, -0.2) is 13.7 Å². The predicted molar refractivity (Wildman–Crippen MR) is 89.7 cm³/mol. The summed E-state index contributed by atoms with van der Waals surface area (Å²) in [7, 11) is 1.60. The smallest absolute Gasteiger partial charge is 0.179 e. The summed E-state index contributed by atoms with van der Waals surface area (Å²) in [5.41, 5.74) is 2.43. The molecule has 1 atom stereocenters. The maximum atomic E-state index is 6.28. The zero-order valence-electron chi connectivity index (χ0n) is 13.3. The Kier molecular flexibility index (Phi) is 6.10. The Hall–Kier alpha value is -1.71. The van der Waals surface area contributed by atoms with Crippen molar-refractivity contribution in [2.24, 2.45) is 0 Å². The Bertz CT molecular complexity index is 602. The third-order valence-electron chi connectivity index (χ3n) is 3.61. The van der Waals surface area contributed by atoms with E-state index in [2.05, 4.69) is 36.5 Å². The zero-order chi connectivity index (χ0) is 15.9. The van der Waals surface area contributed by atoms with Gasteiger partial charge in [-0.1, -0.05) is 41.9 Å². The second kappa shape index (κ2) is 8.06. The molecule has 0 aliphatic heterocycles. The van der Waals surface area contributed by atoms with Gasteiger partial charge in [0.25, 0.3) is 0 Å². The maximum absolute atomic E-state index is 6.28. The summed E-state index contributed by atoms with van der Waals surface area (Å²) < 4.78 is 10.9. The van der Waals surface area contributed by atoms with Crippen LogP contribution in [0.15, 0.2) is 42.5 Å². The summed E-state index contributed by atoms with van der Waals surface area (Å²) in [6.45, 7) is 5.56. The minimum atomic E-state index is 0.387. The van der Waals surface area contributed by atoms with Crippen LogP contribution in [0, 0.1) is 0 Å². The Morgan fingerprint density at radius 1 is 1.18 bits per heavy atom. The highest BCUT2D eigenvalue weighted by atomic mass is 35.5. The van der Waals surface area contributed by atoms with Crippen molar-refractivity contribution in [1.82, 2.24) is 0 Å². The third kappa shape index (κ3) is 4.15. The minimum absolute atomic E-state index is 0.387. The first-order valence-corrected chi connectivity index (χ1v) is 7.91. The van der Waals surface area contributed by atoms with E-state index in [1.807, 2.05) is 25.1 Å². The van der Waals surface area contributed by atoms with Crippen molar-refractivity contribution in [2.45, 2.75) is 26.4 Å². The second-order valence-electron chi connectivity index (χ2n) is 5.18. The first-order valence-electron chi connectivity index (χ1n) is 7.53. The molecule has 118 valence electrons. The Balaban J connectivity index is 2.09. The molecule has 0 saturated heterocycles. The van der Waals surface area contributed by atoms with Crippen LogP contribution in [0.2, 0.25) is 5.02 Å². The van der Waals surface area contributed by atoms with Gasteiger partial charge in [-0.25, -0.2) is 0 Å². The molecule has 4 heteroatoms. The zero-order valence-corrected chi connectivity index (χ0v) is 14.1. The molecule has 0 saturated carbocycles. The van der Waals surface area contributed by atoms with Crippen LogP contribution in [0.1, 0.15) is 31.0 Å². The molecule has 0 radical (unpaired) electrons. The lowest BCUT2D eigenvalue weighted by molar-refractivity contribution is -0.707. The van der Waals surface area contributed by atoms with Gasteiger partial charge in [0.1, 0.15) is 12.6 Å². The molecule has 2 aromatic carbocycles. The van der Waals surface area contributed by atoms with Crippen molar-refractivity contribution >= 4 is 11.6 Å². The van der Waals surface area contributed by atoms with Crippen LogP contribution in [0.4, 0.5) is 0 Å². The van der Waals surface area contributed by atoms with Gasteiger partial charge >= 0.3 is 0 Å². The van der Waals surface area contributed by atoms with Gasteiger partial charge in [-0.05, 0) is 26.0 Å². The lowest BCUT2D eigenvalue weighted by Gasteiger charge is -2.14. The van der Waals surface area contributed by atoms with Crippen LogP contribution in [0.3, 0.4) is 0 Å². The molecule has 0 aliphatic rings. The van der Waals surface area contributed by atoms with Gasteiger partial charge in [-0.15, -0.1) is 0 Å². The lowest BCUT2D eigenvalue weighted by Crippen LogP contribution is -2.83. The van der Waals surface area contributed by atoms with E-state index in [0.29, 0.717) is 29.2 Å². The highest BCUT2D eigenvalue weighted by molar-refractivity contribution is 6.32. The standard InChI is InChI=1S/C18H22ClNO2/c1-4-22-17-11-14(10-16(19)18(17)21-3)12-20-13(2)15-8-6-5-7-9-15/h5-11,13,20H,4,12H2,1-3H3/p+1/t13-/m1/s1. The van der Waals surface area contributed by atoms with E-state index >= 15 is 0 Å². The topological polar surface area (TPSA) is 35.1 Å². The molecule has 22 heavy (non-hydrogen) atoms.